The van der Waals surface area contributed by atoms with Crippen LogP contribution in [0.5, 0.6) is 0 Å². The summed E-state index contributed by atoms with van der Waals surface area (Å²) >= 11 is 0. The third-order valence-corrected chi connectivity index (χ3v) is 3.44. The Morgan fingerprint density at radius 1 is 1.08 bits per heavy atom. The second-order valence-corrected chi connectivity index (χ2v) is 6.04. The Morgan fingerprint density at radius 2 is 1.71 bits per heavy atom. The van der Waals surface area contributed by atoms with Crippen LogP contribution in [0, 0.1) is 5.92 Å². The number of nitrogens with two attached hydrogens (primary N) is 1. The molecule has 1 rings (SSSR count). The summed E-state index contributed by atoms with van der Waals surface area (Å²) in [6.07, 6.45) is 0.566. The van der Waals surface area contributed by atoms with Gasteiger partial charge in [-0.15, -0.1) is 0 Å². The summed E-state index contributed by atoms with van der Waals surface area (Å²) in [6.45, 7) is 3.59. The number of carboxylic acid groups (broad SMARTS) is 1. The van der Waals surface area contributed by atoms with Crippen LogP contribution in [0.4, 0.5) is 0 Å². The van der Waals surface area contributed by atoms with Gasteiger partial charge < -0.3 is 21.5 Å². The van der Waals surface area contributed by atoms with Gasteiger partial charge in [0.2, 0.25) is 11.8 Å². The van der Waals surface area contributed by atoms with E-state index in [1.807, 2.05) is 19.9 Å². The Labute approximate surface area is 141 Å². The summed E-state index contributed by atoms with van der Waals surface area (Å²) in [5.74, 6) is -1.95. The van der Waals surface area contributed by atoms with Crippen LogP contribution < -0.4 is 16.4 Å². The van der Waals surface area contributed by atoms with E-state index in [2.05, 4.69) is 10.6 Å². The first kappa shape index (κ1) is 19.6. The zero-order valence-corrected chi connectivity index (χ0v) is 14.0. The minimum Gasteiger partial charge on any atom is -0.480 e. The molecule has 24 heavy (non-hydrogen) atoms. The SMILES string of the molecule is CC(C)C[C@@H](NC(=O)CN)C(=O)NC(Cc1ccccc1)C(=O)O. The lowest BCUT2D eigenvalue weighted by Gasteiger charge is -2.22. The van der Waals surface area contributed by atoms with Crippen LogP contribution in [0.2, 0.25) is 0 Å². The van der Waals surface area contributed by atoms with Gasteiger partial charge in [0.15, 0.2) is 0 Å². The number of benzene rings is 1. The first-order chi connectivity index (χ1) is 11.3. The number of amides is 2. The summed E-state index contributed by atoms with van der Waals surface area (Å²) in [5.41, 5.74) is 6.07. The van der Waals surface area contributed by atoms with E-state index in [1.54, 1.807) is 24.3 Å². The van der Waals surface area contributed by atoms with E-state index >= 15 is 0 Å². The lowest BCUT2D eigenvalue weighted by Crippen LogP contribution is -2.53. The quantitative estimate of drug-likeness (QED) is 0.517. The van der Waals surface area contributed by atoms with Gasteiger partial charge in [-0.3, -0.25) is 9.59 Å². The van der Waals surface area contributed by atoms with Crippen LogP contribution in [-0.4, -0.2) is 41.5 Å². The van der Waals surface area contributed by atoms with Crippen molar-refractivity contribution in [2.24, 2.45) is 11.7 Å². The Bertz CT molecular complexity index is 560. The maximum atomic E-state index is 12.4. The van der Waals surface area contributed by atoms with Crippen LogP contribution in [0.3, 0.4) is 0 Å². The zero-order chi connectivity index (χ0) is 18.1. The molecule has 0 saturated carbocycles. The van der Waals surface area contributed by atoms with E-state index in [9.17, 15) is 19.5 Å². The smallest absolute Gasteiger partial charge is 0.326 e. The molecule has 0 bridgehead atoms. The Hall–Kier alpha value is -2.41. The second kappa shape index (κ2) is 9.67. The highest BCUT2D eigenvalue weighted by Gasteiger charge is 2.27. The molecule has 2 atom stereocenters. The molecule has 2 amide bonds. The maximum Gasteiger partial charge on any atom is 0.326 e. The number of nitrogens with one attached hydrogen (secondary N) is 2. The van der Waals surface area contributed by atoms with E-state index in [1.165, 1.54) is 0 Å². The summed E-state index contributed by atoms with van der Waals surface area (Å²) in [7, 11) is 0. The number of carboxylic acids is 1. The average molecular weight is 335 g/mol. The fourth-order valence-electron chi connectivity index (χ4n) is 2.28. The van der Waals surface area contributed by atoms with Gasteiger partial charge >= 0.3 is 5.97 Å². The van der Waals surface area contributed by atoms with Gasteiger partial charge in [-0.25, -0.2) is 4.79 Å². The van der Waals surface area contributed by atoms with Crippen molar-refractivity contribution >= 4 is 17.8 Å². The van der Waals surface area contributed by atoms with Gasteiger partial charge in [0.25, 0.3) is 0 Å². The number of carbonyl (C=O) groups excluding carboxylic acids is 2. The molecule has 0 aromatic heterocycles. The lowest BCUT2D eigenvalue weighted by atomic mass is 10.0. The number of aliphatic carboxylic acids is 1. The van der Waals surface area contributed by atoms with Crippen LogP contribution >= 0.6 is 0 Å². The largest absolute Gasteiger partial charge is 0.480 e. The predicted octanol–water partition coefficient (Wildman–Crippen LogP) is 0.288. The topological polar surface area (TPSA) is 122 Å². The van der Waals surface area contributed by atoms with Crippen molar-refractivity contribution in [3.05, 3.63) is 35.9 Å². The Kier molecular flexibility index (Phi) is 7.91. The standard InChI is InChI=1S/C17H25N3O4/c1-11(2)8-13(19-15(21)10-18)16(22)20-14(17(23)24)9-12-6-4-3-5-7-12/h3-7,11,13-14H,8-10,18H2,1-2H3,(H,19,21)(H,20,22)(H,23,24)/t13-,14?/m1/s1. The Balaban J connectivity index is 2.79. The monoisotopic (exact) mass is 335 g/mol. The molecule has 0 fully saturated rings. The molecule has 0 aliphatic carbocycles. The number of rotatable bonds is 9. The first-order valence-electron chi connectivity index (χ1n) is 7.90. The van der Waals surface area contributed by atoms with Crippen molar-refractivity contribution in [1.82, 2.24) is 10.6 Å². The Morgan fingerprint density at radius 3 is 2.21 bits per heavy atom. The maximum absolute atomic E-state index is 12.4. The molecular formula is C17H25N3O4. The molecule has 132 valence electrons. The normalized spacial score (nSPS) is 13.2. The molecule has 0 saturated heterocycles. The molecule has 1 aromatic carbocycles. The molecule has 0 aliphatic heterocycles. The molecule has 7 nitrogen and oxygen atoms in total. The molecule has 0 spiro atoms. The molecule has 7 heteroatoms. The summed E-state index contributed by atoms with van der Waals surface area (Å²) in [5, 5.41) is 14.4. The molecular weight excluding hydrogens is 310 g/mol. The van der Waals surface area contributed by atoms with E-state index in [-0.39, 0.29) is 18.9 Å². The van der Waals surface area contributed by atoms with Crippen molar-refractivity contribution in [3.8, 4) is 0 Å². The van der Waals surface area contributed by atoms with Crippen molar-refractivity contribution < 1.29 is 19.5 Å². The van der Waals surface area contributed by atoms with Gasteiger partial charge in [0.05, 0.1) is 6.54 Å². The van der Waals surface area contributed by atoms with Gasteiger partial charge in [-0.05, 0) is 17.9 Å². The highest BCUT2D eigenvalue weighted by atomic mass is 16.4. The van der Waals surface area contributed by atoms with Gasteiger partial charge in [0.1, 0.15) is 12.1 Å². The van der Waals surface area contributed by atoms with Crippen LogP contribution in [0.1, 0.15) is 25.8 Å². The highest BCUT2D eigenvalue weighted by Crippen LogP contribution is 2.07. The minimum atomic E-state index is -1.12. The second-order valence-electron chi connectivity index (χ2n) is 6.04. The molecule has 0 aliphatic rings. The van der Waals surface area contributed by atoms with Crippen molar-refractivity contribution in [3.63, 3.8) is 0 Å². The summed E-state index contributed by atoms with van der Waals surface area (Å²) < 4.78 is 0. The van der Waals surface area contributed by atoms with Crippen LogP contribution in [-0.2, 0) is 20.8 Å². The number of carbonyl (C=O) groups is 3. The van der Waals surface area contributed by atoms with Crippen molar-refractivity contribution in [2.75, 3.05) is 6.54 Å². The third-order valence-electron chi connectivity index (χ3n) is 3.44. The summed E-state index contributed by atoms with van der Waals surface area (Å²) in [4.78, 5) is 35.3. The lowest BCUT2D eigenvalue weighted by molar-refractivity contribution is -0.142. The van der Waals surface area contributed by atoms with Gasteiger partial charge in [-0.2, -0.15) is 0 Å². The van der Waals surface area contributed by atoms with Crippen LogP contribution in [0.25, 0.3) is 0 Å². The number of hydrogen-bond acceptors (Lipinski definition) is 4. The predicted molar refractivity (Wildman–Crippen MR) is 90.2 cm³/mol. The molecule has 1 aromatic rings. The highest BCUT2D eigenvalue weighted by molar-refractivity contribution is 5.90. The van der Waals surface area contributed by atoms with Crippen LogP contribution in [0.15, 0.2) is 30.3 Å². The molecule has 5 N–H and O–H groups in total. The zero-order valence-electron chi connectivity index (χ0n) is 14.0. The van der Waals surface area contributed by atoms with E-state index in [4.69, 9.17) is 5.73 Å². The molecule has 1 unspecified atom stereocenters. The minimum absolute atomic E-state index is 0.149. The molecule has 0 radical (unpaired) electrons. The van der Waals surface area contributed by atoms with Crippen molar-refractivity contribution in [2.45, 2.75) is 38.8 Å². The fourth-order valence-corrected chi connectivity index (χ4v) is 2.28. The fraction of sp³-hybridized carbons (Fsp3) is 0.471. The van der Waals surface area contributed by atoms with Gasteiger partial charge in [0, 0.05) is 6.42 Å². The first-order valence-corrected chi connectivity index (χ1v) is 7.90. The van der Waals surface area contributed by atoms with Gasteiger partial charge in [-0.1, -0.05) is 44.2 Å². The van der Waals surface area contributed by atoms with E-state index in [0.29, 0.717) is 6.42 Å². The summed E-state index contributed by atoms with van der Waals surface area (Å²) in [6, 6.07) is 7.16. The van der Waals surface area contributed by atoms with E-state index < -0.39 is 29.9 Å². The van der Waals surface area contributed by atoms with E-state index in [0.717, 1.165) is 5.56 Å². The number of hydrogen-bond donors (Lipinski definition) is 4. The molecule has 0 heterocycles. The average Bonchev–Trinajstić information content (AvgIpc) is 2.53. The third kappa shape index (κ3) is 6.78. The van der Waals surface area contributed by atoms with Crippen molar-refractivity contribution in [1.29, 1.82) is 0 Å².